The molecule has 0 saturated heterocycles. The van der Waals surface area contributed by atoms with Crippen LogP contribution in [0.5, 0.6) is 11.9 Å². The molecule has 10 nitrogen and oxygen atoms in total. The zero-order valence-corrected chi connectivity index (χ0v) is 19.4. The van der Waals surface area contributed by atoms with Gasteiger partial charge in [-0.05, 0) is 40.0 Å². The van der Waals surface area contributed by atoms with Crippen LogP contribution in [0.25, 0.3) is 11.1 Å². The van der Waals surface area contributed by atoms with Gasteiger partial charge in [0.2, 0.25) is 5.88 Å². The summed E-state index contributed by atoms with van der Waals surface area (Å²) in [4.78, 5) is 14.7. The molecule has 2 heterocycles. The predicted molar refractivity (Wildman–Crippen MR) is 127 cm³/mol. The monoisotopic (exact) mass is 601 g/mol. The molecular formula is C19H20Br2N6O4S. The van der Waals surface area contributed by atoms with E-state index in [1.165, 1.54) is 4.72 Å². The zero-order chi connectivity index (χ0) is 36.1. The fraction of sp³-hybridized carbons (Fsp3) is 0.263. The van der Waals surface area contributed by atoms with Gasteiger partial charge in [-0.2, -0.15) is 13.1 Å². The summed E-state index contributed by atoms with van der Waals surface area (Å²) >= 11 is 5.82. The van der Waals surface area contributed by atoms with Crippen LogP contribution in [0.4, 0.5) is 5.82 Å². The smallest absolute Gasteiger partial charge is 0.316 e. The maximum atomic E-state index is 13.0. The Bertz CT molecular complexity index is 1770. The highest BCUT2D eigenvalue weighted by Gasteiger charge is 2.19. The molecule has 2 aromatic heterocycles. The number of nitrogens with zero attached hydrogens (tertiary/aromatic N) is 4. The summed E-state index contributed by atoms with van der Waals surface area (Å²) < 4.78 is 157. The molecule has 2 N–H and O–H groups in total. The van der Waals surface area contributed by atoms with Crippen molar-refractivity contribution in [1.29, 1.82) is 0 Å². The fourth-order valence-electron chi connectivity index (χ4n) is 1.93. The first-order chi connectivity index (χ1) is 21.2. The minimum Gasteiger partial charge on any atom is -0.473 e. The number of benzene rings is 1. The van der Waals surface area contributed by atoms with E-state index < -0.39 is 108 Å². The van der Waals surface area contributed by atoms with Crippen molar-refractivity contribution in [2.75, 3.05) is 24.4 Å². The molecule has 0 radical (unpaired) electrons. The van der Waals surface area contributed by atoms with Gasteiger partial charge in [-0.3, -0.25) is 4.72 Å². The molecule has 170 valence electrons. The molecule has 1 aromatic carbocycles. The van der Waals surface area contributed by atoms with E-state index in [2.05, 4.69) is 51.8 Å². The van der Waals surface area contributed by atoms with Crippen LogP contribution in [0.2, 0.25) is 0 Å². The largest absolute Gasteiger partial charge is 0.473 e. The molecule has 0 unspecified atom stereocenters. The summed E-state index contributed by atoms with van der Waals surface area (Å²) in [5.74, 6) is -1.68. The van der Waals surface area contributed by atoms with Crippen molar-refractivity contribution >= 4 is 47.9 Å². The minimum atomic E-state index is -5.32. The average Bonchev–Trinajstić information content (AvgIpc) is 2.92. The Kier molecular flexibility index (Phi) is 4.02. The summed E-state index contributed by atoms with van der Waals surface area (Å²) in [6.45, 7) is -11.4. The molecule has 3 rings (SSSR count). The van der Waals surface area contributed by atoms with E-state index >= 15 is 0 Å². The molecule has 3 aromatic rings. The lowest BCUT2D eigenvalue weighted by atomic mass is 10.1. The van der Waals surface area contributed by atoms with Crippen LogP contribution < -0.4 is 18.9 Å². The van der Waals surface area contributed by atoms with E-state index in [0.29, 0.717) is 6.33 Å². The van der Waals surface area contributed by atoms with Crippen molar-refractivity contribution in [2.45, 2.75) is 13.2 Å². The first-order valence-electron chi connectivity index (χ1n) is 15.5. The lowest BCUT2D eigenvalue weighted by molar-refractivity contribution is 0.202. The van der Waals surface area contributed by atoms with E-state index in [4.69, 9.17) is 30.0 Å². The van der Waals surface area contributed by atoms with Crippen molar-refractivity contribution in [3.05, 3.63) is 51.8 Å². The second kappa shape index (κ2) is 11.5. The standard InChI is InChI=1S/C19H20Br2N6O4S/c1-2-7-26-32(28,29)27-17-16(13-3-5-14(20)6-4-13)18(25-12-24-17)30-8-9-31-19-22-10-15(21)11-23-19/h3-6,10-12,26H,2,7-9H2,1H3,(H,24,25,27)/i1D3,2D2,3D,4D,5D,6D,7D2,9D2,10D,11D. The van der Waals surface area contributed by atoms with Crippen molar-refractivity contribution in [3.63, 3.8) is 0 Å². The number of ether oxygens (including phenoxy) is 2. The molecule has 32 heavy (non-hydrogen) atoms. The molecule has 0 saturated carbocycles. The topological polar surface area (TPSA) is 128 Å². The fourth-order valence-corrected chi connectivity index (χ4v) is 2.95. The summed E-state index contributed by atoms with van der Waals surface area (Å²) in [6, 6.07) is -3.65. The quantitative estimate of drug-likeness (QED) is 0.341. The Morgan fingerprint density at radius 1 is 1.09 bits per heavy atom. The van der Waals surface area contributed by atoms with Crippen LogP contribution in [0.3, 0.4) is 0 Å². The van der Waals surface area contributed by atoms with Gasteiger partial charge in [0.1, 0.15) is 19.5 Å². The second-order valence-corrected chi connectivity index (χ2v) is 8.13. The Labute approximate surface area is 223 Å². The first-order valence-corrected chi connectivity index (χ1v) is 11.1. The SMILES string of the molecule is [2H]c1nc(OC([2H])([2H])COc2ncnc(NS(=O)(=O)NC([2H])([2H])C([2H])([2H])C([2H])([2H])[2H])c2-c2c([2H])c([2H])c(Br)c([2H])c2[2H])nc([2H])c1Br. The number of anilines is 1. The van der Waals surface area contributed by atoms with Crippen LogP contribution in [0.15, 0.2) is 51.8 Å². The third kappa shape index (κ3) is 7.08. The number of rotatable bonds is 11. The highest BCUT2D eigenvalue weighted by atomic mass is 79.9. The first kappa shape index (κ1) is 11.2. The van der Waals surface area contributed by atoms with E-state index in [-0.39, 0.29) is 8.95 Å². The van der Waals surface area contributed by atoms with E-state index in [9.17, 15) is 8.42 Å². The van der Waals surface area contributed by atoms with Gasteiger partial charge < -0.3 is 9.47 Å². The Balaban J connectivity index is 2.13. The van der Waals surface area contributed by atoms with Gasteiger partial charge >= 0.3 is 6.01 Å². The normalized spacial score (nSPS) is 19.8. The number of halogens is 2. The van der Waals surface area contributed by atoms with Crippen molar-refractivity contribution in [2.24, 2.45) is 0 Å². The van der Waals surface area contributed by atoms with Crippen LogP contribution in [-0.2, 0) is 10.2 Å². The van der Waals surface area contributed by atoms with Crippen LogP contribution in [0, 0.1) is 0 Å². The van der Waals surface area contributed by atoms with Crippen molar-refractivity contribution < 1.29 is 38.5 Å². The average molecular weight is 603 g/mol. The van der Waals surface area contributed by atoms with E-state index in [1.54, 1.807) is 4.72 Å². The van der Waals surface area contributed by atoms with E-state index in [1.807, 2.05) is 0 Å². The minimum absolute atomic E-state index is 0.103. The molecule has 0 fully saturated rings. The molecule has 0 amide bonds. The molecule has 0 bridgehead atoms. The van der Waals surface area contributed by atoms with Gasteiger partial charge in [0.05, 0.1) is 21.0 Å². The second-order valence-electron chi connectivity index (χ2n) is 5.13. The van der Waals surface area contributed by atoms with Gasteiger partial charge in [0.15, 0.2) is 5.82 Å². The number of hydrogen-bond acceptors (Lipinski definition) is 8. The van der Waals surface area contributed by atoms with Crippen molar-refractivity contribution in [3.8, 4) is 23.0 Å². The Hall–Kier alpha value is -2.35. The molecule has 0 spiro atoms. The van der Waals surface area contributed by atoms with Gasteiger partial charge in [-0.25, -0.2) is 19.9 Å². The molecule has 0 aliphatic rings. The van der Waals surface area contributed by atoms with Gasteiger partial charge in [0.25, 0.3) is 10.2 Å². The molecule has 0 aliphatic carbocycles. The third-order valence-corrected chi connectivity index (χ3v) is 4.65. The van der Waals surface area contributed by atoms with Crippen LogP contribution >= 0.6 is 31.9 Å². The maximum Gasteiger partial charge on any atom is 0.316 e. The number of nitrogens with one attached hydrogen (secondary N) is 2. The van der Waals surface area contributed by atoms with Gasteiger partial charge in [-0.1, -0.05) is 34.9 Å². The van der Waals surface area contributed by atoms with Crippen molar-refractivity contribution in [1.82, 2.24) is 24.7 Å². The lowest BCUT2D eigenvalue weighted by Crippen LogP contribution is -2.31. The molecule has 0 atom stereocenters. The molecule has 13 heteroatoms. The van der Waals surface area contributed by atoms with Gasteiger partial charge in [0, 0.05) is 32.9 Å². The third-order valence-electron chi connectivity index (χ3n) is 3.07. The van der Waals surface area contributed by atoms with Gasteiger partial charge in [-0.15, -0.1) is 0 Å². The summed E-state index contributed by atoms with van der Waals surface area (Å²) in [5, 5.41) is 0. The highest BCUT2D eigenvalue weighted by Crippen LogP contribution is 2.34. The maximum absolute atomic E-state index is 13.0. The Morgan fingerprint density at radius 3 is 2.56 bits per heavy atom. The molecular weight excluding hydrogens is 568 g/mol. The molecule has 0 aliphatic heterocycles. The lowest BCUT2D eigenvalue weighted by Gasteiger charge is -2.15. The number of hydrogen-bond donors (Lipinski definition) is 2. The summed E-state index contributed by atoms with van der Waals surface area (Å²) in [5.41, 5.74) is -1.42. The van der Waals surface area contributed by atoms with Crippen LogP contribution in [0.1, 0.15) is 33.8 Å². The summed E-state index contributed by atoms with van der Waals surface area (Å²) in [6.07, 6.45) is -4.13. The highest BCUT2D eigenvalue weighted by molar-refractivity contribution is 9.10. The zero-order valence-electron chi connectivity index (χ0n) is 30.4. The predicted octanol–water partition coefficient (Wildman–Crippen LogP) is 3.57. The van der Waals surface area contributed by atoms with Crippen LogP contribution in [-0.4, -0.2) is 48.0 Å². The number of aromatic nitrogens is 4. The van der Waals surface area contributed by atoms with E-state index in [0.717, 1.165) is 0 Å². The Morgan fingerprint density at radius 2 is 1.84 bits per heavy atom. The summed E-state index contributed by atoms with van der Waals surface area (Å²) in [7, 11) is -5.32.